The molecule has 1 amide bonds. The highest BCUT2D eigenvalue weighted by molar-refractivity contribution is 5.73. The number of nitrogens with zero attached hydrogens (tertiary/aromatic N) is 1. The summed E-state index contributed by atoms with van der Waals surface area (Å²) in [5, 5.41) is 0. The van der Waals surface area contributed by atoms with Gasteiger partial charge >= 0.3 is 12.1 Å². The van der Waals surface area contributed by atoms with E-state index >= 15 is 0 Å². The van der Waals surface area contributed by atoms with Crippen LogP contribution in [0.4, 0.5) is 4.79 Å². The lowest BCUT2D eigenvalue weighted by atomic mass is 10.00. The SMILES string of the molecule is CC(C)(C)OC(=O)N1CCCC(C(=O)OCc2ccccc2)CC1N. The number of ether oxygens (including phenoxy) is 2. The standard InChI is InChI=1S/C19H28N2O4/c1-19(2,3)25-18(23)21-11-7-10-15(12-16(21)20)17(22)24-13-14-8-5-4-6-9-14/h4-6,8-9,15-16H,7,10-13,20H2,1-3H3. The van der Waals surface area contributed by atoms with Gasteiger partial charge in [-0.3, -0.25) is 9.69 Å². The predicted octanol–water partition coefficient (Wildman–Crippen LogP) is 3.05. The molecule has 2 N–H and O–H groups in total. The average molecular weight is 348 g/mol. The maximum Gasteiger partial charge on any atom is 0.411 e. The summed E-state index contributed by atoms with van der Waals surface area (Å²) in [6.07, 6.45) is 0.746. The Bertz CT molecular complexity index is 583. The van der Waals surface area contributed by atoms with Gasteiger partial charge in [0.1, 0.15) is 12.2 Å². The van der Waals surface area contributed by atoms with Crippen LogP contribution in [-0.2, 0) is 20.9 Å². The summed E-state index contributed by atoms with van der Waals surface area (Å²) in [5.41, 5.74) is 6.53. The van der Waals surface area contributed by atoms with Crippen molar-refractivity contribution in [1.29, 1.82) is 0 Å². The fraction of sp³-hybridized carbons (Fsp3) is 0.579. The first-order chi connectivity index (χ1) is 11.8. The summed E-state index contributed by atoms with van der Waals surface area (Å²) in [4.78, 5) is 26.1. The molecule has 2 atom stereocenters. The van der Waals surface area contributed by atoms with E-state index in [1.165, 1.54) is 4.90 Å². The molecule has 2 unspecified atom stereocenters. The minimum Gasteiger partial charge on any atom is -0.461 e. The van der Waals surface area contributed by atoms with Gasteiger partial charge in [0.25, 0.3) is 0 Å². The molecule has 1 aliphatic heterocycles. The van der Waals surface area contributed by atoms with Crippen molar-refractivity contribution >= 4 is 12.1 Å². The molecular formula is C19H28N2O4. The maximum atomic E-state index is 12.4. The van der Waals surface area contributed by atoms with Crippen molar-refractivity contribution in [1.82, 2.24) is 4.90 Å². The van der Waals surface area contributed by atoms with E-state index in [2.05, 4.69) is 0 Å². The number of amides is 1. The van der Waals surface area contributed by atoms with Gasteiger partial charge in [-0.1, -0.05) is 30.3 Å². The van der Waals surface area contributed by atoms with Crippen LogP contribution in [0.3, 0.4) is 0 Å². The van der Waals surface area contributed by atoms with Crippen LogP contribution in [0.25, 0.3) is 0 Å². The molecule has 0 spiro atoms. The fourth-order valence-corrected chi connectivity index (χ4v) is 2.82. The van der Waals surface area contributed by atoms with E-state index in [1.54, 1.807) is 0 Å². The Labute approximate surface area is 149 Å². The van der Waals surface area contributed by atoms with Crippen molar-refractivity contribution in [3.05, 3.63) is 35.9 Å². The molecule has 138 valence electrons. The van der Waals surface area contributed by atoms with Crippen LogP contribution in [0.1, 0.15) is 45.6 Å². The molecule has 0 saturated carbocycles. The molecule has 1 fully saturated rings. The molecule has 0 aliphatic carbocycles. The molecule has 1 aliphatic rings. The molecule has 25 heavy (non-hydrogen) atoms. The van der Waals surface area contributed by atoms with E-state index < -0.39 is 17.9 Å². The smallest absolute Gasteiger partial charge is 0.411 e. The fourth-order valence-electron chi connectivity index (χ4n) is 2.82. The lowest BCUT2D eigenvalue weighted by Gasteiger charge is -2.30. The second kappa shape index (κ2) is 8.34. The summed E-state index contributed by atoms with van der Waals surface area (Å²) in [6, 6.07) is 9.56. The van der Waals surface area contributed by atoms with Gasteiger partial charge in [0.15, 0.2) is 0 Å². The van der Waals surface area contributed by atoms with E-state index in [9.17, 15) is 9.59 Å². The monoisotopic (exact) mass is 348 g/mol. The Morgan fingerprint density at radius 2 is 1.92 bits per heavy atom. The number of carbonyl (C=O) groups excluding carboxylic acids is 2. The molecule has 6 heteroatoms. The summed E-state index contributed by atoms with van der Waals surface area (Å²) in [5.74, 6) is -0.559. The average Bonchev–Trinajstić information content (AvgIpc) is 2.73. The van der Waals surface area contributed by atoms with Crippen LogP contribution < -0.4 is 5.73 Å². The minimum absolute atomic E-state index is 0.251. The number of esters is 1. The summed E-state index contributed by atoms with van der Waals surface area (Å²) in [6.45, 7) is 6.19. The Balaban J connectivity index is 1.90. The third-order valence-corrected chi connectivity index (χ3v) is 4.06. The number of hydrogen-bond acceptors (Lipinski definition) is 5. The van der Waals surface area contributed by atoms with Gasteiger partial charge in [0.2, 0.25) is 0 Å². The number of rotatable bonds is 3. The zero-order valence-electron chi connectivity index (χ0n) is 15.2. The zero-order valence-corrected chi connectivity index (χ0v) is 15.2. The highest BCUT2D eigenvalue weighted by atomic mass is 16.6. The van der Waals surface area contributed by atoms with Crippen LogP contribution in [0.2, 0.25) is 0 Å². The predicted molar refractivity (Wildman–Crippen MR) is 94.5 cm³/mol. The number of hydrogen-bond donors (Lipinski definition) is 1. The van der Waals surface area contributed by atoms with Crippen LogP contribution in [0, 0.1) is 5.92 Å². The van der Waals surface area contributed by atoms with Gasteiger partial charge in [-0.2, -0.15) is 0 Å². The molecule has 0 aromatic heterocycles. The first-order valence-corrected chi connectivity index (χ1v) is 8.72. The van der Waals surface area contributed by atoms with Crippen molar-refractivity contribution in [2.75, 3.05) is 6.54 Å². The molecule has 1 aromatic carbocycles. The quantitative estimate of drug-likeness (QED) is 0.849. The molecule has 0 bridgehead atoms. The van der Waals surface area contributed by atoms with E-state index in [0.717, 1.165) is 5.56 Å². The van der Waals surface area contributed by atoms with Gasteiger partial charge in [-0.15, -0.1) is 0 Å². The zero-order chi connectivity index (χ0) is 18.4. The largest absolute Gasteiger partial charge is 0.461 e. The Morgan fingerprint density at radius 1 is 1.24 bits per heavy atom. The van der Waals surface area contributed by atoms with Gasteiger partial charge in [0, 0.05) is 6.54 Å². The van der Waals surface area contributed by atoms with Gasteiger partial charge in [0.05, 0.1) is 12.1 Å². The number of carbonyl (C=O) groups is 2. The molecule has 6 nitrogen and oxygen atoms in total. The summed E-state index contributed by atoms with van der Waals surface area (Å²) in [7, 11) is 0. The third-order valence-electron chi connectivity index (χ3n) is 4.06. The molecule has 2 rings (SSSR count). The van der Waals surface area contributed by atoms with Crippen molar-refractivity contribution in [2.45, 2.75) is 58.4 Å². The Kier molecular flexibility index (Phi) is 6.42. The summed E-state index contributed by atoms with van der Waals surface area (Å²) < 4.78 is 10.8. The maximum absolute atomic E-state index is 12.4. The molecule has 1 saturated heterocycles. The number of likely N-dealkylation sites (tertiary alicyclic amines) is 1. The van der Waals surface area contributed by atoms with Gasteiger partial charge < -0.3 is 15.2 Å². The minimum atomic E-state index is -0.572. The van der Waals surface area contributed by atoms with Crippen molar-refractivity contribution in [2.24, 2.45) is 11.7 Å². The number of nitrogens with two attached hydrogens (primary N) is 1. The highest BCUT2D eigenvalue weighted by Crippen LogP contribution is 2.23. The van der Waals surface area contributed by atoms with Crippen molar-refractivity contribution < 1.29 is 19.1 Å². The highest BCUT2D eigenvalue weighted by Gasteiger charge is 2.33. The van der Waals surface area contributed by atoms with Crippen LogP contribution in [-0.4, -0.2) is 35.3 Å². The normalized spacial score (nSPS) is 21.4. The Morgan fingerprint density at radius 3 is 2.56 bits per heavy atom. The van der Waals surface area contributed by atoms with Crippen LogP contribution >= 0.6 is 0 Å². The number of benzene rings is 1. The molecule has 1 heterocycles. The molecule has 0 radical (unpaired) electrons. The lowest BCUT2D eigenvalue weighted by Crippen LogP contribution is -2.48. The first-order valence-electron chi connectivity index (χ1n) is 8.72. The van der Waals surface area contributed by atoms with Crippen molar-refractivity contribution in [3.8, 4) is 0 Å². The third kappa shape index (κ3) is 6.05. The van der Waals surface area contributed by atoms with Gasteiger partial charge in [-0.25, -0.2) is 4.79 Å². The summed E-state index contributed by atoms with van der Waals surface area (Å²) >= 11 is 0. The van der Waals surface area contributed by atoms with Crippen molar-refractivity contribution in [3.63, 3.8) is 0 Å². The van der Waals surface area contributed by atoms with E-state index in [-0.39, 0.29) is 18.5 Å². The van der Waals surface area contributed by atoms with E-state index in [1.807, 2.05) is 51.1 Å². The Hall–Kier alpha value is -2.08. The van der Waals surface area contributed by atoms with Crippen LogP contribution in [0.15, 0.2) is 30.3 Å². The second-order valence-corrected chi connectivity index (χ2v) is 7.41. The molecular weight excluding hydrogens is 320 g/mol. The first kappa shape index (κ1) is 19.2. The van der Waals surface area contributed by atoms with Gasteiger partial charge in [-0.05, 0) is 45.6 Å². The van der Waals surface area contributed by atoms with Crippen LogP contribution in [0.5, 0.6) is 0 Å². The second-order valence-electron chi connectivity index (χ2n) is 7.41. The molecule has 1 aromatic rings. The lowest BCUT2D eigenvalue weighted by molar-refractivity contribution is -0.150. The van der Waals surface area contributed by atoms with E-state index in [0.29, 0.717) is 25.8 Å². The topological polar surface area (TPSA) is 81.9 Å². The van der Waals surface area contributed by atoms with E-state index in [4.69, 9.17) is 15.2 Å².